The fraction of sp³-hybridized carbons (Fsp3) is 0.647. The molecule has 1 heterocycles. The molecular weight excluding hydrogens is 270 g/mol. The zero-order chi connectivity index (χ0) is 13.9. The van der Waals surface area contributed by atoms with Gasteiger partial charge in [-0.1, -0.05) is 30.5 Å². The standard InChI is InChI=1S/C17H24ClNO/c1-20-17-15(13-4-2-3-5-13)10-14(11-16(17)18)12-6-8-19-9-7-12/h10-13,19H,2-9H2,1H3. The molecule has 3 rings (SSSR count). The summed E-state index contributed by atoms with van der Waals surface area (Å²) in [6, 6.07) is 4.52. The molecule has 1 aliphatic heterocycles. The summed E-state index contributed by atoms with van der Waals surface area (Å²) in [5, 5.41) is 4.23. The van der Waals surface area contributed by atoms with Gasteiger partial charge in [0.25, 0.3) is 0 Å². The second-order valence-electron chi connectivity index (χ2n) is 6.13. The molecular formula is C17H24ClNO. The zero-order valence-electron chi connectivity index (χ0n) is 12.3. The van der Waals surface area contributed by atoms with Crippen molar-refractivity contribution in [3.63, 3.8) is 0 Å². The lowest BCUT2D eigenvalue weighted by atomic mass is 9.86. The largest absolute Gasteiger partial charge is 0.495 e. The monoisotopic (exact) mass is 293 g/mol. The lowest BCUT2D eigenvalue weighted by molar-refractivity contribution is 0.404. The van der Waals surface area contributed by atoms with Crippen LogP contribution in [0.5, 0.6) is 5.75 Å². The highest BCUT2D eigenvalue weighted by Crippen LogP contribution is 2.44. The van der Waals surface area contributed by atoms with Gasteiger partial charge in [-0.15, -0.1) is 0 Å². The van der Waals surface area contributed by atoms with E-state index in [1.54, 1.807) is 7.11 Å². The Kier molecular flexibility index (Phi) is 4.52. The van der Waals surface area contributed by atoms with Crippen LogP contribution in [0, 0.1) is 0 Å². The van der Waals surface area contributed by atoms with Crippen molar-refractivity contribution in [1.82, 2.24) is 5.32 Å². The number of halogens is 1. The molecule has 1 saturated heterocycles. The molecule has 0 unspecified atom stereocenters. The predicted molar refractivity (Wildman–Crippen MR) is 84.1 cm³/mol. The summed E-state index contributed by atoms with van der Waals surface area (Å²) in [6.45, 7) is 2.24. The number of methoxy groups -OCH3 is 1. The van der Waals surface area contributed by atoms with Crippen molar-refractivity contribution >= 4 is 11.6 Å². The smallest absolute Gasteiger partial charge is 0.140 e. The lowest BCUT2D eigenvalue weighted by Gasteiger charge is -2.25. The van der Waals surface area contributed by atoms with E-state index in [-0.39, 0.29) is 0 Å². The van der Waals surface area contributed by atoms with Crippen LogP contribution in [0.3, 0.4) is 0 Å². The van der Waals surface area contributed by atoms with Crippen LogP contribution in [-0.4, -0.2) is 20.2 Å². The van der Waals surface area contributed by atoms with Gasteiger partial charge in [0.2, 0.25) is 0 Å². The van der Waals surface area contributed by atoms with Crippen LogP contribution in [0.2, 0.25) is 5.02 Å². The fourth-order valence-corrected chi connectivity index (χ4v) is 4.10. The molecule has 0 spiro atoms. The van der Waals surface area contributed by atoms with Crippen LogP contribution in [0.15, 0.2) is 12.1 Å². The maximum absolute atomic E-state index is 6.49. The highest BCUT2D eigenvalue weighted by Gasteiger charge is 2.25. The molecule has 3 heteroatoms. The minimum absolute atomic E-state index is 0.643. The number of piperidine rings is 1. The van der Waals surface area contributed by atoms with E-state index in [4.69, 9.17) is 16.3 Å². The average molecular weight is 294 g/mol. The first-order valence-electron chi connectivity index (χ1n) is 7.87. The molecule has 20 heavy (non-hydrogen) atoms. The third kappa shape index (κ3) is 2.82. The van der Waals surface area contributed by atoms with Gasteiger partial charge in [0.15, 0.2) is 0 Å². The van der Waals surface area contributed by atoms with Gasteiger partial charge in [0, 0.05) is 0 Å². The third-order valence-electron chi connectivity index (χ3n) is 4.90. The van der Waals surface area contributed by atoms with Crippen LogP contribution in [0.1, 0.15) is 61.5 Å². The number of ether oxygens (including phenoxy) is 1. The van der Waals surface area contributed by atoms with E-state index >= 15 is 0 Å². The van der Waals surface area contributed by atoms with Crippen molar-refractivity contribution in [1.29, 1.82) is 0 Å². The van der Waals surface area contributed by atoms with Crippen molar-refractivity contribution < 1.29 is 4.74 Å². The second-order valence-corrected chi connectivity index (χ2v) is 6.54. The Morgan fingerprint density at radius 1 is 1.05 bits per heavy atom. The molecule has 2 aliphatic rings. The minimum atomic E-state index is 0.643. The molecule has 1 aromatic rings. The highest BCUT2D eigenvalue weighted by molar-refractivity contribution is 6.32. The fourth-order valence-electron chi connectivity index (χ4n) is 3.78. The number of hydrogen-bond acceptors (Lipinski definition) is 2. The Labute approximate surface area is 126 Å². The molecule has 2 nitrogen and oxygen atoms in total. The van der Waals surface area contributed by atoms with Gasteiger partial charge in [-0.3, -0.25) is 0 Å². The summed E-state index contributed by atoms with van der Waals surface area (Å²) in [5.74, 6) is 2.21. The number of benzene rings is 1. The topological polar surface area (TPSA) is 21.3 Å². The number of rotatable bonds is 3. The molecule has 0 aromatic heterocycles. The lowest BCUT2D eigenvalue weighted by Crippen LogP contribution is -2.26. The molecule has 0 bridgehead atoms. The minimum Gasteiger partial charge on any atom is -0.495 e. The van der Waals surface area contributed by atoms with Crippen molar-refractivity contribution in [2.45, 2.75) is 50.4 Å². The molecule has 2 fully saturated rings. The Bertz CT molecular complexity index is 462. The maximum Gasteiger partial charge on any atom is 0.140 e. The van der Waals surface area contributed by atoms with E-state index in [2.05, 4.69) is 17.4 Å². The van der Waals surface area contributed by atoms with E-state index < -0.39 is 0 Å². The molecule has 0 radical (unpaired) electrons. The van der Waals surface area contributed by atoms with Crippen LogP contribution in [-0.2, 0) is 0 Å². The molecule has 1 aliphatic carbocycles. The molecule has 1 N–H and O–H groups in total. The molecule has 1 saturated carbocycles. The van der Waals surface area contributed by atoms with E-state index in [9.17, 15) is 0 Å². The van der Waals surface area contributed by atoms with Gasteiger partial charge >= 0.3 is 0 Å². The van der Waals surface area contributed by atoms with Crippen molar-refractivity contribution in [2.75, 3.05) is 20.2 Å². The number of hydrogen-bond donors (Lipinski definition) is 1. The van der Waals surface area contributed by atoms with Crippen LogP contribution >= 0.6 is 11.6 Å². The third-order valence-corrected chi connectivity index (χ3v) is 5.19. The summed E-state index contributed by atoms with van der Waals surface area (Å²) in [4.78, 5) is 0. The Morgan fingerprint density at radius 3 is 2.40 bits per heavy atom. The van der Waals surface area contributed by atoms with E-state index in [0.29, 0.717) is 11.8 Å². The molecule has 0 atom stereocenters. The summed E-state index contributed by atoms with van der Waals surface area (Å²) >= 11 is 6.49. The van der Waals surface area contributed by atoms with Gasteiger partial charge < -0.3 is 10.1 Å². The van der Waals surface area contributed by atoms with Gasteiger partial charge in [-0.25, -0.2) is 0 Å². The van der Waals surface area contributed by atoms with E-state index in [0.717, 1.165) is 23.9 Å². The first kappa shape index (κ1) is 14.2. The highest BCUT2D eigenvalue weighted by atomic mass is 35.5. The van der Waals surface area contributed by atoms with Gasteiger partial charge in [0.1, 0.15) is 5.75 Å². The van der Waals surface area contributed by atoms with E-state index in [1.807, 2.05) is 0 Å². The molecule has 110 valence electrons. The predicted octanol–water partition coefficient (Wildman–Crippen LogP) is 4.47. The van der Waals surface area contributed by atoms with Crippen LogP contribution < -0.4 is 10.1 Å². The van der Waals surface area contributed by atoms with Crippen molar-refractivity contribution in [3.05, 3.63) is 28.3 Å². The first-order valence-corrected chi connectivity index (χ1v) is 8.25. The SMILES string of the molecule is COc1c(Cl)cc(C2CCNCC2)cc1C1CCCC1. The Balaban J connectivity index is 1.95. The van der Waals surface area contributed by atoms with E-state index in [1.165, 1.54) is 49.7 Å². The Hall–Kier alpha value is -0.730. The van der Waals surface area contributed by atoms with Crippen LogP contribution in [0.4, 0.5) is 0 Å². The molecule has 1 aromatic carbocycles. The maximum atomic E-state index is 6.49. The van der Waals surface area contributed by atoms with Crippen molar-refractivity contribution in [3.8, 4) is 5.75 Å². The quantitative estimate of drug-likeness (QED) is 0.887. The summed E-state index contributed by atoms with van der Waals surface area (Å²) < 4.78 is 5.59. The average Bonchev–Trinajstić information content (AvgIpc) is 3.01. The Morgan fingerprint density at radius 2 is 1.75 bits per heavy atom. The zero-order valence-corrected chi connectivity index (χ0v) is 13.0. The first-order chi connectivity index (χ1) is 9.79. The molecule has 0 amide bonds. The summed E-state index contributed by atoms with van der Waals surface area (Å²) in [5.41, 5.74) is 2.77. The van der Waals surface area contributed by atoms with Gasteiger partial charge in [-0.05, 0) is 67.8 Å². The summed E-state index contributed by atoms with van der Waals surface area (Å²) in [7, 11) is 1.74. The number of nitrogens with one attached hydrogen (secondary N) is 1. The van der Waals surface area contributed by atoms with Gasteiger partial charge in [-0.2, -0.15) is 0 Å². The summed E-state index contributed by atoms with van der Waals surface area (Å²) in [6.07, 6.45) is 7.66. The normalized spacial score (nSPS) is 21.3. The van der Waals surface area contributed by atoms with Crippen LogP contribution in [0.25, 0.3) is 0 Å². The van der Waals surface area contributed by atoms with Crippen molar-refractivity contribution in [2.24, 2.45) is 0 Å². The second kappa shape index (κ2) is 6.36. The van der Waals surface area contributed by atoms with Gasteiger partial charge in [0.05, 0.1) is 12.1 Å².